The van der Waals surface area contributed by atoms with Gasteiger partial charge in [0.15, 0.2) is 0 Å². The van der Waals surface area contributed by atoms with Gasteiger partial charge in [-0.25, -0.2) is 9.97 Å². The fourth-order valence-electron chi connectivity index (χ4n) is 26.6. The molecular formula is C87H82N4O2Ru. The topological polar surface area (TPSA) is 94.1 Å². The predicted octanol–water partition coefficient (Wildman–Crippen LogP) is 21.5. The molecule has 2 aliphatic heterocycles. The Morgan fingerprint density at radius 1 is 0.309 bits per heavy atom. The third-order valence-corrected chi connectivity index (χ3v) is 29.7. The summed E-state index contributed by atoms with van der Waals surface area (Å²) in [6.07, 6.45) is 41.8. The van der Waals surface area contributed by atoms with Gasteiger partial charge >= 0.3 is 30.8 Å². The number of aromatic nitrogens is 4. The van der Waals surface area contributed by atoms with Gasteiger partial charge < -0.3 is 15.1 Å². The summed E-state index contributed by atoms with van der Waals surface area (Å²) in [6.45, 7) is 6.43. The molecule has 94 heavy (non-hydrogen) atoms. The molecule has 6 nitrogen and oxygen atoms in total. The van der Waals surface area contributed by atoms with E-state index in [4.69, 9.17) is 29.7 Å². The first-order chi connectivity index (χ1) is 45.9. The van der Waals surface area contributed by atoms with E-state index in [1.165, 1.54) is 176 Å². The molecule has 0 amide bonds. The van der Waals surface area contributed by atoms with Crippen LogP contribution < -0.4 is 9.97 Å². The number of aliphatic hydroxyl groups excluding tert-OH is 1. The third-order valence-electron chi connectivity index (χ3n) is 29.7. The van der Waals surface area contributed by atoms with Gasteiger partial charge in [0.25, 0.3) is 0 Å². The van der Waals surface area contributed by atoms with Crippen LogP contribution >= 0.6 is 0 Å². The van der Waals surface area contributed by atoms with Crippen LogP contribution in [0.2, 0.25) is 0 Å². The molecule has 24 bridgehead atoms. The Balaban J connectivity index is 0.000000935. The van der Waals surface area contributed by atoms with Crippen LogP contribution in [0.25, 0.3) is 90.9 Å². The van der Waals surface area contributed by atoms with Crippen LogP contribution in [0.4, 0.5) is 0 Å². The van der Waals surface area contributed by atoms with Gasteiger partial charge in [0, 0.05) is 6.61 Å². The maximum atomic E-state index is 7.57. The van der Waals surface area contributed by atoms with E-state index >= 15 is 0 Å². The zero-order chi connectivity index (χ0) is 60.7. The molecule has 7 aromatic rings. The second kappa shape index (κ2) is 20.0. The van der Waals surface area contributed by atoms with Crippen LogP contribution in [0.1, 0.15) is 368 Å². The number of hydrogen-bond acceptors (Lipinski definition) is 3. The van der Waals surface area contributed by atoms with E-state index in [-0.39, 0.29) is 26.1 Å². The van der Waals surface area contributed by atoms with Crippen molar-refractivity contribution in [2.24, 2.45) is 0 Å². The Labute approximate surface area is 565 Å². The van der Waals surface area contributed by atoms with Crippen molar-refractivity contribution in [1.82, 2.24) is 19.9 Å². The molecule has 18 aliphatic rings. The molecule has 470 valence electrons. The average molecular weight is 1320 g/mol. The molecule has 16 atom stereocenters. The van der Waals surface area contributed by atoms with Crippen LogP contribution in [0, 0.1) is 6.65 Å². The Bertz CT molecular complexity index is 4130. The molecule has 8 fully saturated rings. The van der Waals surface area contributed by atoms with E-state index < -0.39 is 0 Å². The standard InChI is InChI=1S/C84H76N4.C2H6O.CO.Ru/c1-9-45-25-37(1)53-33-54-38-2-10-46(26-38)70(54)81(69(45)53)77-61-17-19-63(85-61)78(82-71-47-11-3-39(27-47)55(71)34-56-40-4-12-48(28-40)72(56)82)65-21-23-67(87-65)80(84-75-51-15-7-43(31-51)59(75)36-60-44-8-16-52(32-44)76(60)84)68-24-22-66(88-68)79(64-20-18-62(77)86-64)83-73-49-13-5-41(29-49)57(73)35-58-42-6-14-50(30-42)74(58)83;1-2-3;1-2;/h17-24,33-52H,1-16,25-32H2;3H,2H2,1H3;;/q-2;;;+2/t37-,38-,39-,40-,41-,42-,43-,44-,45+,46+,47+,48+,49+,50+,51+,52+;;;/m1.../s1. The number of benzene rings is 4. The van der Waals surface area contributed by atoms with Gasteiger partial charge in [-0.1, -0.05) is 48.5 Å². The van der Waals surface area contributed by atoms with Gasteiger partial charge in [0.05, 0.1) is 22.8 Å². The van der Waals surface area contributed by atoms with Crippen molar-refractivity contribution >= 4 is 46.4 Å². The third kappa shape index (κ3) is 7.15. The number of rotatable bonds is 4. The molecule has 0 saturated heterocycles. The SMILES string of the molecule is C1=Cc2nc1c(-c1c3c(cc4c1[C@H]1CC[C@@H]4C1)[C@@H]1CC[C@H]3C1)c1ccc([n-]1)c(-c1c3c(cc4c1[C@H]1CC[C@@H]4C1)[C@@H]1CC[C@H]3C1)c1nc(c(-c3c4c(cc5c3[C@H]3CC[C@@H]5C3)[C@@H]3CC[C@H]4C3)c3ccc([n-]3)c2-c2c3c(cc4c2[C@H]2CC[C@@H]4C2)[C@@H]2CC[C@H]3C2)C=C1.CCO.[C-]#[O+].[Ru+2]. The first-order valence-corrected chi connectivity index (χ1v) is 37.7. The van der Waals surface area contributed by atoms with Crippen LogP contribution in [-0.2, 0) is 24.1 Å². The molecule has 1 N–H and O–H groups in total. The summed E-state index contributed by atoms with van der Waals surface area (Å²) in [7, 11) is 0. The van der Waals surface area contributed by atoms with E-state index in [1.54, 1.807) is 118 Å². The number of fused-ring (bicyclic) bond motifs is 48. The largest absolute Gasteiger partial charge is 2.00 e. The molecule has 0 spiro atoms. The monoisotopic (exact) mass is 1320 g/mol. The summed E-state index contributed by atoms with van der Waals surface area (Å²) in [6, 6.07) is 21.2. The zero-order valence-corrected chi connectivity index (χ0v) is 56.1. The van der Waals surface area contributed by atoms with Crippen molar-refractivity contribution in [3.05, 3.63) is 167 Å². The van der Waals surface area contributed by atoms with Crippen molar-refractivity contribution in [2.75, 3.05) is 6.61 Å². The van der Waals surface area contributed by atoms with E-state index in [0.29, 0.717) is 94.7 Å². The van der Waals surface area contributed by atoms with Gasteiger partial charge in [-0.3, -0.25) is 0 Å². The number of nitrogens with zero attached hydrogens (tertiary/aromatic N) is 4. The van der Waals surface area contributed by atoms with Crippen LogP contribution in [0.15, 0.2) is 48.5 Å². The van der Waals surface area contributed by atoms with Crippen molar-refractivity contribution in [2.45, 2.75) is 256 Å². The second-order valence-electron chi connectivity index (χ2n) is 33.4. The van der Waals surface area contributed by atoms with Crippen molar-refractivity contribution in [3.63, 3.8) is 0 Å². The minimum absolute atomic E-state index is 0. The van der Waals surface area contributed by atoms with Crippen LogP contribution in [0.5, 0.6) is 0 Å². The first kappa shape index (κ1) is 55.9. The van der Waals surface area contributed by atoms with Gasteiger partial charge in [-0.2, -0.15) is 0 Å². The van der Waals surface area contributed by atoms with E-state index in [1.807, 2.05) is 0 Å². The van der Waals surface area contributed by atoms with E-state index in [9.17, 15) is 0 Å². The minimum Gasteiger partial charge on any atom is 2.00 e. The van der Waals surface area contributed by atoms with E-state index in [0.717, 1.165) is 44.8 Å². The number of aliphatic hydroxyl groups is 1. The molecule has 7 heteroatoms. The second-order valence-corrected chi connectivity index (χ2v) is 33.4. The summed E-state index contributed by atoms with van der Waals surface area (Å²) in [4.78, 5) is 25.4. The minimum atomic E-state index is 0. The quantitative estimate of drug-likeness (QED) is 0.108. The molecule has 5 heterocycles. The van der Waals surface area contributed by atoms with Gasteiger partial charge in [-0.15, -0.1) is 22.1 Å². The Hall–Kier alpha value is -6.20. The normalized spacial score (nSPS) is 32.6. The Morgan fingerprint density at radius 2 is 0.468 bits per heavy atom. The molecule has 25 rings (SSSR count). The van der Waals surface area contributed by atoms with Crippen molar-refractivity contribution < 1.29 is 29.2 Å². The van der Waals surface area contributed by atoms with E-state index in [2.05, 4.69) is 79.5 Å². The van der Waals surface area contributed by atoms with Gasteiger partial charge in [-0.05, 0) is 414 Å². The molecule has 0 radical (unpaired) electrons. The molecule has 8 saturated carbocycles. The maximum absolute atomic E-state index is 7.57. The first-order valence-electron chi connectivity index (χ1n) is 37.7. The Morgan fingerprint density at radius 3 is 0.638 bits per heavy atom. The summed E-state index contributed by atoms with van der Waals surface area (Å²) in [5, 5.41) is 7.57. The molecule has 16 aliphatic carbocycles. The van der Waals surface area contributed by atoms with Crippen molar-refractivity contribution in [3.8, 4) is 44.5 Å². The Kier molecular flexibility index (Phi) is 11.9. The van der Waals surface area contributed by atoms with Gasteiger partial charge in [0.1, 0.15) is 0 Å². The fraction of sp³-hybridized carbons (Fsp3) is 0.483. The summed E-state index contributed by atoms with van der Waals surface area (Å²) < 4.78 is 7.50. The average Bonchev–Trinajstić information content (AvgIpc) is 1.56. The maximum Gasteiger partial charge on any atom is 2.00 e. The zero-order valence-electron chi connectivity index (χ0n) is 54.3. The molecule has 3 aromatic heterocycles. The molecule has 4 aromatic carbocycles. The number of hydrogen-bond donors (Lipinski definition) is 1. The molecule has 0 unspecified atom stereocenters. The fourth-order valence-corrected chi connectivity index (χ4v) is 26.6. The van der Waals surface area contributed by atoms with Crippen LogP contribution in [-0.4, -0.2) is 21.7 Å². The summed E-state index contributed by atoms with van der Waals surface area (Å²) in [5.74, 6) is 10.4. The smallest absolute Gasteiger partial charge is 2.00 e. The van der Waals surface area contributed by atoms with Crippen LogP contribution in [0.3, 0.4) is 0 Å². The molecular weight excluding hydrogens is 1230 g/mol. The van der Waals surface area contributed by atoms with Crippen molar-refractivity contribution in [1.29, 1.82) is 0 Å². The summed E-state index contributed by atoms with van der Waals surface area (Å²) >= 11 is 0. The van der Waals surface area contributed by atoms with Gasteiger partial charge in [0.2, 0.25) is 0 Å². The predicted molar refractivity (Wildman–Crippen MR) is 370 cm³/mol. The summed E-state index contributed by atoms with van der Waals surface area (Å²) in [5.41, 5.74) is 47.9.